The zero-order chi connectivity index (χ0) is 6.57. The van der Waals surface area contributed by atoms with Gasteiger partial charge in [0.05, 0.1) is 10.1 Å². The van der Waals surface area contributed by atoms with Crippen molar-refractivity contribution in [1.82, 2.24) is 5.73 Å². The minimum absolute atomic E-state index is 0.0995. The second kappa shape index (κ2) is 3.80. The third-order valence-corrected chi connectivity index (χ3v) is 1.41. The minimum Gasteiger partial charge on any atom is -0.272 e. The predicted molar refractivity (Wildman–Crippen MR) is 35.6 cm³/mol. The van der Waals surface area contributed by atoms with Crippen molar-refractivity contribution in [1.29, 1.82) is 0 Å². The number of nitrogens with one attached hydrogen (secondary N) is 1. The Morgan fingerprint density at radius 3 is 2.50 bits per heavy atom. The molecule has 1 radical (unpaired) electrons. The van der Waals surface area contributed by atoms with Crippen LogP contribution in [-0.2, 0) is 4.79 Å². The zero-order valence-corrected chi connectivity index (χ0v) is 5.68. The van der Waals surface area contributed by atoms with E-state index in [4.69, 9.17) is 17.3 Å². The molecule has 45 valence electrons. The first kappa shape index (κ1) is 7.85. The lowest BCUT2D eigenvalue weighted by atomic mass is 10.8. The Bertz CT molecular complexity index is 101. The van der Waals surface area contributed by atoms with Crippen molar-refractivity contribution < 1.29 is 4.79 Å². The van der Waals surface area contributed by atoms with Crippen molar-refractivity contribution in [3.05, 3.63) is 10.9 Å². The maximum Gasteiger partial charge on any atom is 0.248 e. The number of rotatable bonds is 3. The van der Waals surface area contributed by atoms with Crippen molar-refractivity contribution in [3.8, 4) is 0 Å². The van der Waals surface area contributed by atoms with Crippen LogP contribution in [0.25, 0.3) is 0 Å². The van der Waals surface area contributed by atoms with Crippen molar-refractivity contribution >= 4 is 29.3 Å². The van der Waals surface area contributed by atoms with E-state index in [1.807, 2.05) is 0 Å². The molecule has 0 spiro atoms. The fourth-order valence-corrected chi connectivity index (χ4v) is 0.595. The van der Waals surface area contributed by atoms with Gasteiger partial charge in [0, 0.05) is 0 Å². The maximum absolute atomic E-state index is 9.89. The Kier molecular flexibility index (Phi) is 3.73. The molecule has 2 nitrogen and oxygen atoms in total. The number of carbonyl (C=O) groups excluding carboxylic acids is 1. The zero-order valence-electron chi connectivity index (χ0n) is 4.11. The Morgan fingerprint density at radius 2 is 2.38 bits per heavy atom. The van der Waals surface area contributed by atoms with Gasteiger partial charge in [0.15, 0.2) is 0 Å². The van der Waals surface area contributed by atoms with Crippen molar-refractivity contribution in [2.75, 3.05) is 5.75 Å². The molecule has 0 aliphatic heterocycles. The first-order valence-corrected chi connectivity index (χ1v) is 3.21. The summed E-state index contributed by atoms with van der Waals surface area (Å²) in [4.78, 5) is 9.89. The highest BCUT2D eigenvalue weighted by Crippen LogP contribution is 2.15. The van der Waals surface area contributed by atoms with Crippen LogP contribution in [0.3, 0.4) is 0 Å². The monoisotopic (exact) mass is 150 g/mol. The van der Waals surface area contributed by atoms with Crippen LogP contribution in [0.1, 0.15) is 0 Å². The van der Waals surface area contributed by atoms with Gasteiger partial charge in [-0.2, -0.15) is 0 Å². The molecular weight excluding hydrogens is 146 g/mol. The lowest BCUT2D eigenvalue weighted by Crippen LogP contribution is -1.99. The van der Waals surface area contributed by atoms with Crippen LogP contribution in [0.15, 0.2) is 10.9 Å². The van der Waals surface area contributed by atoms with Gasteiger partial charge < -0.3 is 0 Å². The predicted octanol–water partition coefficient (Wildman–Crippen LogP) is 1.24. The third-order valence-electron chi connectivity index (χ3n) is 0.360. The quantitative estimate of drug-likeness (QED) is 0.608. The molecule has 0 saturated heterocycles. The van der Waals surface area contributed by atoms with Gasteiger partial charge in [-0.1, -0.05) is 18.2 Å². The van der Waals surface area contributed by atoms with Gasteiger partial charge in [0.2, 0.25) is 5.91 Å². The molecule has 0 aromatic rings. The van der Waals surface area contributed by atoms with E-state index in [2.05, 4.69) is 6.58 Å². The Labute approximate surface area is 57.1 Å². The van der Waals surface area contributed by atoms with Crippen LogP contribution in [0.4, 0.5) is 0 Å². The Morgan fingerprint density at radius 1 is 1.88 bits per heavy atom. The highest BCUT2D eigenvalue weighted by Gasteiger charge is 1.94. The van der Waals surface area contributed by atoms with E-state index >= 15 is 0 Å². The van der Waals surface area contributed by atoms with E-state index in [1.165, 1.54) is 0 Å². The van der Waals surface area contributed by atoms with Crippen LogP contribution in [0, 0.1) is 0 Å². The van der Waals surface area contributed by atoms with Gasteiger partial charge in [-0.05, 0) is 0 Å². The third kappa shape index (κ3) is 5.85. The summed E-state index contributed by atoms with van der Waals surface area (Å²) in [5, 5.41) is 0. The van der Waals surface area contributed by atoms with Gasteiger partial charge in [-0.25, -0.2) is 0 Å². The molecule has 0 atom stereocenters. The van der Waals surface area contributed by atoms with Gasteiger partial charge in [0.1, 0.15) is 0 Å². The molecule has 0 aromatic carbocycles. The highest BCUT2D eigenvalue weighted by atomic mass is 35.5. The lowest BCUT2D eigenvalue weighted by molar-refractivity contribution is -0.116. The summed E-state index contributed by atoms with van der Waals surface area (Å²) in [5.41, 5.74) is 6.41. The summed E-state index contributed by atoms with van der Waals surface area (Å²) in [5.74, 6) is -0.528. The van der Waals surface area contributed by atoms with E-state index < -0.39 is 5.91 Å². The topological polar surface area (TPSA) is 40.9 Å². The maximum atomic E-state index is 9.89. The lowest BCUT2D eigenvalue weighted by Gasteiger charge is -1.88. The van der Waals surface area contributed by atoms with Crippen LogP contribution in [0.2, 0.25) is 0 Å². The van der Waals surface area contributed by atoms with Gasteiger partial charge in [0.25, 0.3) is 0 Å². The average Bonchev–Trinajstić information content (AvgIpc) is 1.61. The summed E-state index contributed by atoms with van der Waals surface area (Å²) < 4.78 is 0.352. The Balaban J connectivity index is 3.18. The average molecular weight is 151 g/mol. The van der Waals surface area contributed by atoms with Gasteiger partial charge in [-0.15, -0.1) is 11.8 Å². The molecule has 0 saturated carbocycles. The summed E-state index contributed by atoms with van der Waals surface area (Å²) in [7, 11) is 0. The SMILES string of the molecule is C=C(Cl)SCC([NH])=O. The smallest absolute Gasteiger partial charge is 0.248 e. The standard InChI is InChI=1S/C4H5ClNOS/c1-3(5)8-2-4(6)7/h6H,1-2H2. The number of hydrogen-bond acceptors (Lipinski definition) is 2. The first-order chi connectivity index (χ1) is 3.63. The number of carbonyl (C=O) groups is 1. The van der Waals surface area contributed by atoms with Crippen LogP contribution < -0.4 is 5.73 Å². The molecule has 8 heavy (non-hydrogen) atoms. The van der Waals surface area contributed by atoms with Gasteiger partial charge in [-0.3, -0.25) is 10.5 Å². The number of hydrogen-bond donors (Lipinski definition) is 0. The molecular formula is C4H5ClNOS. The molecule has 1 amide bonds. The molecule has 1 N–H and O–H groups in total. The van der Waals surface area contributed by atoms with Crippen LogP contribution >= 0.6 is 23.4 Å². The Hall–Kier alpha value is -0.150. The molecule has 0 unspecified atom stereocenters. The fraction of sp³-hybridized carbons (Fsp3) is 0.250. The van der Waals surface area contributed by atoms with Crippen molar-refractivity contribution in [2.45, 2.75) is 0 Å². The van der Waals surface area contributed by atoms with Crippen LogP contribution in [0.5, 0.6) is 0 Å². The second-order valence-corrected chi connectivity index (χ2v) is 2.82. The molecule has 0 rings (SSSR count). The largest absolute Gasteiger partial charge is 0.272 e. The molecule has 0 aromatic heterocycles. The van der Waals surface area contributed by atoms with Gasteiger partial charge >= 0.3 is 0 Å². The van der Waals surface area contributed by atoms with Crippen LogP contribution in [-0.4, -0.2) is 11.7 Å². The van der Waals surface area contributed by atoms with E-state index in [0.29, 0.717) is 4.36 Å². The number of thioether (sulfide) groups is 1. The number of halogens is 1. The van der Waals surface area contributed by atoms with E-state index in [1.54, 1.807) is 0 Å². The summed E-state index contributed by atoms with van der Waals surface area (Å²) in [6, 6.07) is 0. The highest BCUT2D eigenvalue weighted by molar-refractivity contribution is 8.05. The van der Waals surface area contributed by atoms with E-state index in [0.717, 1.165) is 11.8 Å². The number of amides is 1. The molecule has 0 fully saturated rings. The molecule has 0 aliphatic rings. The summed E-state index contributed by atoms with van der Waals surface area (Å²) in [6.07, 6.45) is 0. The summed E-state index contributed by atoms with van der Waals surface area (Å²) in [6.45, 7) is 3.32. The van der Waals surface area contributed by atoms with E-state index in [9.17, 15) is 4.79 Å². The van der Waals surface area contributed by atoms with Crippen molar-refractivity contribution in [2.24, 2.45) is 0 Å². The molecule has 0 heterocycles. The summed E-state index contributed by atoms with van der Waals surface area (Å²) >= 11 is 6.33. The molecule has 4 heteroatoms. The first-order valence-electron chi connectivity index (χ1n) is 1.84. The molecule has 0 aliphatic carbocycles. The second-order valence-electron chi connectivity index (χ2n) is 1.07. The molecule has 0 bridgehead atoms. The van der Waals surface area contributed by atoms with E-state index in [-0.39, 0.29) is 5.75 Å². The minimum atomic E-state index is -0.628. The fourth-order valence-electron chi connectivity index (χ4n) is 0.144. The normalized spacial score (nSPS) is 8.62. The van der Waals surface area contributed by atoms with Crippen molar-refractivity contribution in [3.63, 3.8) is 0 Å².